The van der Waals surface area contributed by atoms with Gasteiger partial charge in [-0.25, -0.2) is 0 Å². The maximum Gasteiger partial charge on any atom is 0.144 e. The molecule has 0 saturated carbocycles. The number of hydrogen-bond donors (Lipinski definition) is 1. The van der Waals surface area contributed by atoms with Gasteiger partial charge in [0, 0.05) is 22.1 Å². The summed E-state index contributed by atoms with van der Waals surface area (Å²) < 4.78 is 1.23. The van der Waals surface area contributed by atoms with Gasteiger partial charge in [0.15, 0.2) is 0 Å². The second-order valence-corrected chi connectivity index (χ2v) is 7.11. The van der Waals surface area contributed by atoms with Crippen LogP contribution in [0.1, 0.15) is 33.3 Å². The molecule has 0 bridgehead atoms. The van der Waals surface area contributed by atoms with Crippen LogP contribution in [0.25, 0.3) is 10.1 Å². The maximum absolute atomic E-state index is 12.5. The van der Waals surface area contributed by atoms with Crippen molar-refractivity contribution in [1.82, 2.24) is 0 Å². The molecule has 1 aromatic heterocycles. The molecular weight excluding hydrogens is 254 g/mol. The third-order valence-electron chi connectivity index (χ3n) is 4.22. The first-order chi connectivity index (χ1) is 8.73. The third kappa shape index (κ3) is 2.58. The topological polar surface area (TPSA) is 43.1 Å². The van der Waals surface area contributed by atoms with Crippen molar-refractivity contribution in [3.63, 3.8) is 0 Å². The van der Waals surface area contributed by atoms with Gasteiger partial charge in [0.25, 0.3) is 0 Å². The third-order valence-corrected chi connectivity index (χ3v) is 5.23. The number of thiophene rings is 1. The van der Waals surface area contributed by atoms with Gasteiger partial charge in [-0.05, 0) is 36.2 Å². The quantitative estimate of drug-likeness (QED) is 0.923. The molecule has 2 nitrogen and oxygen atoms in total. The van der Waals surface area contributed by atoms with Crippen molar-refractivity contribution in [3.8, 4) is 0 Å². The van der Waals surface area contributed by atoms with Gasteiger partial charge in [0.2, 0.25) is 0 Å². The van der Waals surface area contributed by atoms with Crippen molar-refractivity contribution in [2.75, 3.05) is 0 Å². The van der Waals surface area contributed by atoms with E-state index in [-0.39, 0.29) is 5.78 Å². The molecule has 2 rings (SSSR count). The number of rotatable bonds is 4. The highest BCUT2D eigenvalue weighted by atomic mass is 32.1. The predicted octanol–water partition coefficient (Wildman–Crippen LogP) is 3.78. The highest BCUT2D eigenvalue weighted by Crippen LogP contribution is 2.33. The molecule has 0 fully saturated rings. The van der Waals surface area contributed by atoms with Gasteiger partial charge in [0.05, 0.1) is 0 Å². The van der Waals surface area contributed by atoms with Gasteiger partial charge in [-0.1, -0.05) is 32.0 Å². The monoisotopic (exact) mass is 275 g/mol. The molecular formula is C16H21NOS. The second-order valence-electron chi connectivity index (χ2n) is 6.20. The van der Waals surface area contributed by atoms with Crippen LogP contribution in [0.3, 0.4) is 0 Å². The fraction of sp³-hybridized carbons (Fsp3) is 0.438. The van der Waals surface area contributed by atoms with Crippen LogP contribution in [0, 0.1) is 5.41 Å². The number of ketones is 1. The molecule has 19 heavy (non-hydrogen) atoms. The molecule has 2 N–H and O–H groups in total. The average Bonchev–Trinajstić information content (AvgIpc) is 2.71. The summed E-state index contributed by atoms with van der Waals surface area (Å²) in [6.07, 6.45) is 0.456. The van der Waals surface area contributed by atoms with Gasteiger partial charge in [-0.3, -0.25) is 4.79 Å². The van der Waals surface area contributed by atoms with E-state index in [1.54, 1.807) is 11.3 Å². The zero-order chi connectivity index (χ0) is 14.3. The lowest BCUT2D eigenvalue weighted by molar-refractivity contribution is -0.129. The lowest BCUT2D eigenvalue weighted by Crippen LogP contribution is -2.52. The summed E-state index contributed by atoms with van der Waals surface area (Å²) in [6.45, 7) is 7.70. The summed E-state index contributed by atoms with van der Waals surface area (Å²) in [6, 6.07) is 8.21. The van der Waals surface area contributed by atoms with Crippen LogP contribution in [-0.2, 0) is 11.2 Å². The number of carbonyl (C=O) groups is 1. The molecule has 0 amide bonds. The summed E-state index contributed by atoms with van der Waals surface area (Å²) >= 11 is 1.69. The van der Waals surface area contributed by atoms with E-state index in [2.05, 4.69) is 17.5 Å². The molecule has 3 heteroatoms. The molecule has 1 heterocycles. The molecule has 1 aromatic carbocycles. The van der Waals surface area contributed by atoms with Crippen molar-refractivity contribution in [2.45, 2.75) is 39.7 Å². The van der Waals surface area contributed by atoms with Gasteiger partial charge >= 0.3 is 0 Å². The Hall–Kier alpha value is -1.19. The van der Waals surface area contributed by atoms with Gasteiger partial charge in [0.1, 0.15) is 5.78 Å². The van der Waals surface area contributed by atoms with Gasteiger partial charge in [-0.2, -0.15) is 0 Å². The first kappa shape index (κ1) is 14.2. The number of benzene rings is 1. The fourth-order valence-electron chi connectivity index (χ4n) is 1.92. The van der Waals surface area contributed by atoms with Crippen molar-refractivity contribution >= 4 is 27.2 Å². The van der Waals surface area contributed by atoms with E-state index < -0.39 is 11.0 Å². The lowest BCUT2D eigenvalue weighted by Gasteiger charge is -2.37. The first-order valence-corrected chi connectivity index (χ1v) is 7.39. The van der Waals surface area contributed by atoms with Crippen LogP contribution < -0.4 is 5.73 Å². The normalized spacial score (nSPS) is 12.9. The zero-order valence-corrected chi connectivity index (χ0v) is 12.8. The minimum atomic E-state index is -0.532. The molecule has 0 aliphatic rings. The Morgan fingerprint density at radius 1 is 1.21 bits per heavy atom. The fourth-order valence-corrected chi connectivity index (χ4v) is 2.89. The van der Waals surface area contributed by atoms with E-state index in [1.165, 1.54) is 10.1 Å². The molecule has 2 aromatic rings. The Bertz CT molecular complexity index is 604. The lowest BCUT2D eigenvalue weighted by atomic mass is 9.71. The summed E-state index contributed by atoms with van der Waals surface area (Å²) in [5.74, 6) is 0.198. The number of nitrogens with two attached hydrogens (primary N) is 1. The van der Waals surface area contributed by atoms with E-state index in [9.17, 15) is 4.79 Å². The molecule has 102 valence electrons. The van der Waals surface area contributed by atoms with Crippen molar-refractivity contribution in [1.29, 1.82) is 0 Å². The van der Waals surface area contributed by atoms with E-state index in [0.717, 1.165) is 5.56 Å². The minimum absolute atomic E-state index is 0.198. The van der Waals surface area contributed by atoms with Crippen molar-refractivity contribution in [2.24, 2.45) is 11.1 Å². The van der Waals surface area contributed by atoms with Crippen LogP contribution >= 0.6 is 11.3 Å². The summed E-state index contributed by atoms with van der Waals surface area (Å²) in [5.41, 5.74) is 6.20. The van der Waals surface area contributed by atoms with Crippen LogP contribution in [0.15, 0.2) is 29.6 Å². The summed E-state index contributed by atoms with van der Waals surface area (Å²) in [7, 11) is 0. The Balaban J connectivity index is 2.29. The van der Waals surface area contributed by atoms with Gasteiger partial charge < -0.3 is 5.73 Å². The standard InChI is InChI=1S/C16H21NOS/c1-15(2,16(3,4)17)14(18)9-11-10-19-13-8-6-5-7-12(11)13/h5-8,10H,9,17H2,1-4H3. The molecule has 0 atom stereocenters. The van der Waals surface area contributed by atoms with Crippen LogP contribution in [0.2, 0.25) is 0 Å². The highest BCUT2D eigenvalue weighted by molar-refractivity contribution is 7.17. The maximum atomic E-state index is 12.5. The second kappa shape index (κ2) is 4.73. The first-order valence-electron chi connectivity index (χ1n) is 6.51. The van der Waals surface area contributed by atoms with E-state index in [0.29, 0.717) is 6.42 Å². The van der Waals surface area contributed by atoms with E-state index in [1.807, 2.05) is 39.8 Å². The summed E-state index contributed by atoms with van der Waals surface area (Å²) in [5, 5.41) is 3.27. The molecule has 0 radical (unpaired) electrons. The molecule has 0 spiro atoms. The van der Waals surface area contributed by atoms with Gasteiger partial charge in [-0.15, -0.1) is 11.3 Å². The van der Waals surface area contributed by atoms with E-state index >= 15 is 0 Å². The SMILES string of the molecule is CC(C)(N)C(C)(C)C(=O)Cc1csc2ccccc12. The number of hydrogen-bond acceptors (Lipinski definition) is 3. The summed E-state index contributed by atoms with van der Waals surface area (Å²) in [4.78, 5) is 12.5. The largest absolute Gasteiger partial charge is 0.325 e. The van der Waals surface area contributed by atoms with Crippen molar-refractivity contribution in [3.05, 3.63) is 35.2 Å². The Morgan fingerprint density at radius 3 is 2.47 bits per heavy atom. The minimum Gasteiger partial charge on any atom is -0.325 e. The Morgan fingerprint density at radius 2 is 1.84 bits per heavy atom. The van der Waals surface area contributed by atoms with E-state index in [4.69, 9.17) is 5.73 Å². The van der Waals surface area contributed by atoms with Crippen LogP contribution in [0.4, 0.5) is 0 Å². The van der Waals surface area contributed by atoms with Crippen LogP contribution in [0.5, 0.6) is 0 Å². The number of fused-ring (bicyclic) bond motifs is 1. The molecule has 0 unspecified atom stereocenters. The van der Waals surface area contributed by atoms with Crippen LogP contribution in [-0.4, -0.2) is 11.3 Å². The Kier molecular flexibility index (Phi) is 3.54. The van der Waals surface area contributed by atoms with Crippen molar-refractivity contribution < 1.29 is 4.79 Å². The predicted molar refractivity (Wildman–Crippen MR) is 82.6 cm³/mol. The smallest absolute Gasteiger partial charge is 0.144 e. The molecule has 0 saturated heterocycles. The Labute approximate surface area is 118 Å². The number of Topliss-reactive ketones (excluding diaryl/α,β-unsaturated/α-hetero) is 1. The average molecular weight is 275 g/mol. The number of carbonyl (C=O) groups excluding carboxylic acids is 1. The molecule has 0 aliphatic heterocycles. The highest BCUT2D eigenvalue weighted by Gasteiger charge is 2.39. The zero-order valence-electron chi connectivity index (χ0n) is 12.0. The molecule has 0 aliphatic carbocycles.